The average Bonchev–Trinajstić information content (AvgIpc) is 3.09. The van der Waals surface area contributed by atoms with E-state index in [1.165, 1.54) is 11.8 Å². The molecule has 1 unspecified atom stereocenters. The summed E-state index contributed by atoms with van der Waals surface area (Å²) in [4.78, 5) is 29.6. The van der Waals surface area contributed by atoms with Crippen LogP contribution in [0.1, 0.15) is 24.1 Å². The van der Waals surface area contributed by atoms with Gasteiger partial charge in [0, 0.05) is 12.6 Å². The van der Waals surface area contributed by atoms with Crippen molar-refractivity contribution >= 4 is 51.4 Å². The Morgan fingerprint density at radius 1 is 0.962 bits per heavy atom. The molecule has 1 fully saturated rings. The number of anilines is 1. The van der Waals surface area contributed by atoms with Crippen molar-refractivity contribution in [3.05, 3.63) is 70.6 Å². The van der Waals surface area contributed by atoms with E-state index in [0.29, 0.717) is 14.8 Å². The normalized spacial score (nSPS) is 20.8. The zero-order valence-electron chi connectivity index (χ0n) is 14.3. The van der Waals surface area contributed by atoms with E-state index in [1.54, 1.807) is 16.8 Å². The van der Waals surface area contributed by atoms with Crippen LogP contribution in [0.4, 0.5) is 5.69 Å². The minimum Gasteiger partial charge on any atom is -0.311 e. The van der Waals surface area contributed by atoms with Crippen LogP contribution in [-0.2, 0) is 9.59 Å². The molecule has 1 atom stereocenters. The minimum atomic E-state index is -0.204. The number of hydrogen-bond acceptors (Lipinski definition) is 4. The van der Waals surface area contributed by atoms with Crippen LogP contribution in [-0.4, -0.2) is 28.1 Å². The molecule has 2 heterocycles. The summed E-state index contributed by atoms with van der Waals surface area (Å²) < 4.78 is 0.480. The van der Waals surface area contributed by atoms with Gasteiger partial charge in [0.15, 0.2) is 0 Å². The number of amides is 2. The first-order chi connectivity index (χ1) is 12.5. The maximum absolute atomic E-state index is 13.2. The first-order valence-electron chi connectivity index (χ1n) is 8.22. The van der Waals surface area contributed by atoms with Gasteiger partial charge in [-0.15, -0.1) is 0 Å². The van der Waals surface area contributed by atoms with Crippen LogP contribution in [0.25, 0.3) is 5.57 Å². The third kappa shape index (κ3) is 2.48. The predicted octanol–water partition coefficient (Wildman–Crippen LogP) is 4.00. The number of nitrogens with zero attached hydrogens (tertiary/aromatic N) is 2. The SMILES string of the molecule is CC(c1ccccc1)N1C(=O)/C(=C2/C(=O)N(C)c3ccccc32)SC1=S. The van der Waals surface area contributed by atoms with Gasteiger partial charge in [-0.05, 0) is 18.6 Å². The Morgan fingerprint density at radius 3 is 2.35 bits per heavy atom. The van der Waals surface area contributed by atoms with Crippen molar-refractivity contribution in [1.82, 2.24) is 4.90 Å². The Bertz CT molecular complexity index is 969. The van der Waals surface area contributed by atoms with Gasteiger partial charge in [0.1, 0.15) is 4.32 Å². The maximum atomic E-state index is 13.2. The quantitative estimate of drug-likeness (QED) is 0.583. The first kappa shape index (κ1) is 17.0. The van der Waals surface area contributed by atoms with Crippen molar-refractivity contribution in [2.75, 3.05) is 11.9 Å². The standard InChI is InChI=1S/C20H16N2O2S2/c1-12(13-8-4-3-5-9-13)22-19(24)17(26-20(22)25)16-14-10-6-7-11-15(14)21(2)18(16)23/h3-12H,1-2H3/b17-16-. The van der Waals surface area contributed by atoms with Gasteiger partial charge >= 0.3 is 0 Å². The molecule has 0 bridgehead atoms. The molecule has 2 aliphatic heterocycles. The molecule has 130 valence electrons. The largest absolute Gasteiger partial charge is 0.311 e. The molecule has 2 aromatic rings. The van der Waals surface area contributed by atoms with E-state index in [4.69, 9.17) is 12.2 Å². The minimum absolute atomic E-state index is 0.168. The fourth-order valence-corrected chi connectivity index (χ4v) is 4.82. The topological polar surface area (TPSA) is 40.6 Å². The lowest BCUT2D eigenvalue weighted by Gasteiger charge is -2.23. The summed E-state index contributed by atoms with van der Waals surface area (Å²) in [5.41, 5.74) is 3.05. The van der Waals surface area contributed by atoms with E-state index >= 15 is 0 Å². The Morgan fingerprint density at radius 2 is 1.62 bits per heavy atom. The second-order valence-corrected chi connectivity index (χ2v) is 7.86. The van der Waals surface area contributed by atoms with Crippen molar-refractivity contribution in [1.29, 1.82) is 0 Å². The molecule has 1 saturated heterocycles. The maximum Gasteiger partial charge on any atom is 0.267 e. The summed E-state index contributed by atoms with van der Waals surface area (Å²) in [5, 5.41) is 0. The third-order valence-electron chi connectivity index (χ3n) is 4.75. The second kappa shape index (κ2) is 6.37. The first-order valence-corrected chi connectivity index (χ1v) is 9.45. The summed E-state index contributed by atoms with van der Waals surface area (Å²) in [6.45, 7) is 1.95. The molecule has 0 radical (unpaired) electrons. The van der Waals surface area contributed by atoms with Gasteiger partial charge in [0.05, 0.1) is 22.2 Å². The number of benzene rings is 2. The number of para-hydroxylation sites is 1. The molecular weight excluding hydrogens is 364 g/mol. The molecule has 0 spiro atoms. The smallest absolute Gasteiger partial charge is 0.267 e. The molecule has 26 heavy (non-hydrogen) atoms. The molecule has 2 aliphatic rings. The fraction of sp³-hybridized carbons (Fsp3) is 0.150. The summed E-state index contributed by atoms with van der Waals surface area (Å²) in [7, 11) is 1.72. The Labute approximate surface area is 161 Å². The molecule has 2 amide bonds. The molecule has 4 rings (SSSR count). The predicted molar refractivity (Wildman–Crippen MR) is 109 cm³/mol. The number of thiocarbonyl (C=S) groups is 1. The number of rotatable bonds is 2. The molecule has 2 aromatic carbocycles. The van der Waals surface area contributed by atoms with Gasteiger partial charge in [0.2, 0.25) is 0 Å². The van der Waals surface area contributed by atoms with Gasteiger partial charge in [-0.25, -0.2) is 0 Å². The fourth-order valence-electron chi connectivity index (χ4n) is 3.33. The number of thioether (sulfide) groups is 1. The van der Waals surface area contributed by atoms with Crippen LogP contribution in [0.5, 0.6) is 0 Å². The number of carbonyl (C=O) groups excluding carboxylic acids is 2. The highest BCUT2D eigenvalue weighted by molar-refractivity contribution is 8.26. The van der Waals surface area contributed by atoms with Crippen LogP contribution in [0.2, 0.25) is 0 Å². The van der Waals surface area contributed by atoms with E-state index in [9.17, 15) is 9.59 Å². The van der Waals surface area contributed by atoms with Crippen LogP contribution in [0.15, 0.2) is 59.5 Å². The molecule has 0 aliphatic carbocycles. The highest BCUT2D eigenvalue weighted by Gasteiger charge is 2.42. The highest BCUT2D eigenvalue weighted by Crippen LogP contribution is 2.45. The lowest BCUT2D eigenvalue weighted by atomic mass is 10.1. The number of hydrogen-bond donors (Lipinski definition) is 0. The van der Waals surface area contributed by atoms with E-state index < -0.39 is 0 Å². The molecular formula is C20H16N2O2S2. The van der Waals surface area contributed by atoms with Crippen molar-refractivity contribution < 1.29 is 9.59 Å². The van der Waals surface area contributed by atoms with Crippen molar-refractivity contribution in [2.24, 2.45) is 0 Å². The zero-order valence-corrected chi connectivity index (χ0v) is 15.9. The molecule has 0 saturated carbocycles. The third-order valence-corrected chi connectivity index (χ3v) is 6.15. The van der Waals surface area contributed by atoms with Crippen molar-refractivity contribution in [3.63, 3.8) is 0 Å². The highest BCUT2D eigenvalue weighted by atomic mass is 32.2. The Balaban J connectivity index is 1.79. The summed E-state index contributed by atoms with van der Waals surface area (Å²) in [6, 6.07) is 17.1. The molecule has 0 aromatic heterocycles. The summed E-state index contributed by atoms with van der Waals surface area (Å²) in [6.07, 6.45) is 0. The van der Waals surface area contributed by atoms with Gasteiger partial charge in [-0.2, -0.15) is 0 Å². The molecule has 0 N–H and O–H groups in total. The monoisotopic (exact) mass is 380 g/mol. The van der Waals surface area contributed by atoms with Gasteiger partial charge < -0.3 is 4.90 Å². The lowest BCUT2D eigenvalue weighted by molar-refractivity contribution is -0.123. The summed E-state index contributed by atoms with van der Waals surface area (Å²) in [5.74, 6) is -0.371. The lowest BCUT2D eigenvalue weighted by Crippen LogP contribution is -2.31. The number of carbonyl (C=O) groups is 2. The van der Waals surface area contributed by atoms with E-state index in [1.807, 2.05) is 61.5 Å². The van der Waals surface area contributed by atoms with Crippen LogP contribution < -0.4 is 4.90 Å². The number of likely N-dealkylation sites (N-methyl/N-ethyl adjacent to an activating group) is 1. The molecule has 6 heteroatoms. The van der Waals surface area contributed by atoms with Crippen LogP contribution in [0, 0.1) is 0 Å². The van der Waals surface area contributed by atoms with Crippen molar-refractivity contribution in [2.45, 2.75) is 13.0 Å². The van der Waals surface area contributed by atoms with E-state index in [0.717, 1.165) is 16.8 Å². The van der Waals surface area contributed by atoms with Crippen LogP contribution in [0.3, 0.4) is 0 Å². The van der Waals surface area contributed by atoms with Gasteiger partial charge in [-0.3, -0.25) is 14.5 Å². The van der Waals surface area contributed by atoms with E-state index in [-0.39, 0.29) is 17.9 Å². The van der Waals surface area contributed by atoms with Gasteiger partial charge in [-0.1, -0.05) is 72.5 Å². The van der Waals surface area contributed by atoms with Crippen LogP contribution >= 0.6 is 24.0 Å². The van der Waals surface area contributed by atoms with E-state index in [2.05, 4.69) is 0 Å². The molecule has 4 nitrogen and oxygen atoms in total. The zero-order chi connectivity index (χ0) is 18.4. The number of fused-ring (bicyclic) bond motifs is 1. The second-order valence-electron chi connectivity index (χ2n) is 6.22. The van der Waals surface area contributed by atoms with Crippen molar-refractivity contribution in [3.8, 4) is 0 Å². The van der Waals surface area contributed by atoms with Gasteiger partial charge in [0.25, 0.3) is 11.8 Å². The Kier molecular flexibility index (Phi) is 4.17. The Hall–Kier alpha value is -2.44. The summed E-state index contributed by atoms with van der Waals surface area (Å²) >= 11 is 6.69. The average molecular weight is 380 g/mol.